The van der Waals surface area contributed by atoms with Gasteiger partial charge in [-0.15, -0.1) is 0 Å². The fourth-order valence-corrected chi connectivity index (χ4v) is 1.22. The first-order chi connectivity index (χ1) is 8.19. The molecule has 0 unspecified atom stereocenters. The highest BCUT2D eigenvalue weighted by Gasteiger charge is 2.18. The molecule has 0 saturated heterocycles. The van der Waals surface area contributed by atoms with Crippen molar-refractivity contribution >= 4 is 18.0 Å². The normalized spacial score (nSPS) is 10.5. The van der Waals surface area contributed by atoms with E-state index in [1.807, 2.05) is 0 Å². The number of furan rings is 1. The van der Waals surface area contributed by atoms with Gasteiger partial charge < -0.3 is 9.32 Å². The lowest BCUT2D eigenvalue weighted by Crippen LogP contribution is -2.41. The third-order valence-corrected chi connectivity index (χ3v) is 2.15. The summed E-state index contributed by atoms with van der Waals surface area (Å²) < 4.78 is 4.97. The van der Waals surface area contributed by atoms with Crippen LogP contribution in [0.3, 0.4) is 0 Å². The molecule has 0 saturated carbocycles. The van der Waals surface area contributed by atoms with Gasteiger partial charge in [0.05, 0.1) is 12.5 Å². The number of rotatable bonds is 4. The maximum atomic E-state index is 11.5. The highest BCUT2D eigenvalue weighted by Crippen LogP contribution is 1.94. The van der Waals surface area contributed by atoms with Crippen molar-refractivity contribution in [3.05, 3.63) is 24.2 Å². The van der Waals surface area contributed by atoms with Crippen LogP contribution in [-0.2, 0) is 9.59 Å². The lowest BCUT2D eigenvalue weighted by atomic mass is 10.4. The van der Waals surface area contributed by atoms with Crippen LogP contribution in [0.5, 0.6) is 0 Å². The van der Waals surface area contributed by atoms with Crippen LogP contribution in [0.15, 0.2) is 27.9 Å². The van der Waals surface area contributed by atoms with Gasteiger partial charge in [-0.2, -0.15) is 5.10 Å². The number of hydrogen-bond donors (Lipinski definition) is 1. The average molecular weight is 237 g/mol. The van der Waals surface area contributed by atoms with E-state index in [9.17, 15) is 9.59 Å². The van der Waals surface area contributed by atoms with Crippen molar-refractivity contribution in [2.75, 3.05) is 13.1 Å². The molecule has 0 radical (unpaired) electrons. The zero-order chi connectivity index (χ0) is 12.7. The second-order valence-corrected chi connectivity index (χ2v) is 3.19. The lowest BCUT2D eigenvalue weighted by molar-refractivity contribution is -0.145. The van der Waals surface area contributed by atoms with Crippen LogP contribution in [0.25, 0.3) is 0 Å². The Labute approximate surface area is 99.3 Å². The maximum Gasteiger partial charge on any atom is 0.329 e. The van der Waals surface area contributed by atoms with Crippen molar-refractivity contribution < 1.29 is 14.0 Å². The third-order valence-electron chi connectivity index (χ3n) is 2.15. The maximum absolute atomic E-state index is 11.5. The van der Waals surface area contributed by atoms with E-state index in [2.05, 4.69) is 10.5 Å². The Balaban J connectivity index is 2.47. The van der Waals surface area contributed by atoms with Gasteiger partial charge in [-0.05, 0) is 26.0 Å². The van der Waals surface area contributed by atoms with E-state index in [-0.39, 0.29) is 0 Å². The second-order valence-electron chi connectivity index (χ2n) is 3.19. The van der Waals surface area contributed by atoms with E-state index >= 15 is 0 Å². The van der Waals surface area contributed by atoms with E-state index in [1.165, 1.54) is 17.4 Å². The number of nitrogens with zero attached hydrogens (tertiary/aromatic N) is 2. The van der Waals surface area contributed by atoms with E-state index in [0.29, 0.717) is 18.8 Å². The molecule has 0 aliphatic rings. The average Bonchev–Trinajstić information content (AvgIpc) is 2.83. The van der Waals surface area contributed by atoms with Crippen molar-refractivity contribution in [2.45, 2.75) is 13.8 Å². The van der Waals surface area contributed by atoms with Crippen LogP contribution in [0.1, 0.15) is 19.6 Å². The summed E-state index contributed by atoms with van der Waals surface area (Å²) in [5.74, 6) is -0.844. The summed E-state index contributed by atoms with van der Waals surface area (Å²) in [6.07, 6.45) is 2.82. The van der Waals surface area contributed by atoms with Crippen LogP contribution in [-0.4, -0.2) is 36.0 Å². The third kappa shape index (κ3) is 3.75. The number of carbonyl (C=O) groups excluding carboxylic acids is 2. The lowest BCUT2D eigenvalue weighted by Gasteiger charge is -2.16. The summed E-state index contributed by atoms with van der Waals surface area (Å²) in [5, 5.41) is 3.62. The van der Waals surface area contributed by atoms with Gasteiger partial charge in [0.15, 0.2) is 0 Å². The van der Waals surface area contributed by atoms with E-state index in [0.717, 1.165) is 0 Å². The summed E-state index contributed by atoms with van der Waals surface area (Å²) >= 11 is 0. The summed E-state index contributed by atoms with van der Waals surface area (Å²) in [7, 11) is 0. The zero-order valence-corrected chi connectivity index (χ0v) is 9.84. The molecule has 17 heavy (non-hydrogen) atoms. The summed E-state index contributed by atoms with van der Waals surface area (Å²) in [6, 6.07) is 3.38. The molecule has 0 bridgehead atoms. The fraction of sp³-hybridized carbons (Fsp3) is 0.364. The predicted molar refractivity (Wildman–Crippen MR) is 62.4 cm³/mol. The Kier molecular flexibility index (Phi) is 4.93. The molecule has 6 heteroatoms. The van der Waals surface area contributed by atoms with Gasteiger partial charge in [-0.25, -0.2) is 5.43 Å². The predicted octanol–water partition coefficient (Wildman–Crippen LogP) is 0.598. The molecule has 0 fully saturated rings. The van der Waals surface area contributed by atoms with Crippen molar-refractivity contribution in [3.63, 3.8) is 0 Å². The van der Waals surface area contributed by atoms with Crippen molar-refractivity contribution in [3.8, 4) is 0 Å². The molecular weight excluding hydrogens is 222 g/mol. The van der Waals surface area contributed by atoms with Crippen LogP contribution in [0.4, 0.5) is 0 Å². The largest absolute Gasteiger partial charge is 0.463 e. The Morgan fingerprint density at radius 2 is 2.18 bits per heavy atom. The molecule has 1 rings (SSSR count). The number of carbonyl (C=O) groups is 2. The number of hydrazone groups is 1. The van der Waals surface area contributed by atoms with Crippen LogP contribution in [0.2, 0.25) is 0 Å². The second kappa shape index (κ2) is 6.47. The van der Waals surface area contributed by atoms with Gasteiger partial charge in [0.25, 0.3) is 0 Å². The molecule has 0 aliphatic carbocycles. The summed E-state index contributed by atoms with van der Waals surface area (Å²) in [5.41, 5.74) is 2.15. The molecule has 1 aromatic rings. The first kappa shape index (κ1) is 13.0. The minimum absolute atomic E-state index is 0.491. The SMILES string of the molecule is CCN(CC)C(=O)C(=O)N/N=C\c1ccco1. The quantitative estimate of drug-likeness (QED) is 0.473. The molecule has 1 heterocycles. The van der Waals surface area contributed by atoms with Gasteiger partial charge >= 0.3 is 11.8 Å². The van der Waals surface area contributed by atoms with Crippen molar-refractivity contribution in [1.82, 2.24) is 10.3 Å². The van der Waals surface area contributed by atoms with Gasteiger partial charge in [0, 0.05) is 13.1 Å². The van der Waals surface area contributed by atoms with Crippen LogP contribution >= 0.6 is 0 Å². The van der Waals surface area contributed by atoms with Gasteiger partial charge in [-0.1, -0.05) is 0 Å². The molecule has 92 valence electrons. The summed E-state index contributed by atoms with van der Waals surface area (Å²) in [4.78, 5) is 24.3. The Bertz CT molecular complexity index is 394. The number of amides is 2. The Morgan fingerprint density at radius 1 is 1.47 bits per heavy atom. The van der Waals surface area contributed by atoms with Crippen LogP contribution in [0, 0.1) is 0 Å². The highest BCUT2D eigenvalue weighted by atomic mass is 16.3. The zero-order valence-electron chi connectivity index (χ0n) is 9.84. The fourth-order valence-electron chi connectivity index (χ4n) is 1.22. The number of hydrogen-bond acceptors (Lipinski definition) is 4. The van der Waals surface area contributed by atoms with Crippen LogP contribution < -0.4 is 5.43 Å². The van der Waals surface area contributed by atoms with Gasteiger partial charge in [-0.3, -0.25) is 9.59 Å². The molecule has 0 atom stereocenters. The molecule has 0 aromatic carbocycles. The van der Waals surface area contributed by atoms with E-state index < -0.39 is 11.8 Å². The molecule has 0 spiro atoms. The van der Waals surface area contributed by atoms with Crippen molar-refractivity contribution in [1.29, 1.82) is 0 Å². The molecular formula is C11H15N3O3. The molecule has 0 aliphatic heterocycles. The topological polar surface area (TPSA) is 74.9 Å². The van der Waals surface area contributed by atoms with E-state index in [4.69, 9.17) is 4.42 Å². The standard InChI is InChI=1S/C11H15N3O3/c1-3-14(4-2)11(16)10(15)13-12-8-9-6-5-7-17-9/h5-8H,3-4H2,1-2H3,(H,13,15)/b12-8-. The van der Waals surface area contributed by atoms with Gasteiger partial charge in [0.1, 0.15) is 5.76 Å². The molecule has 1 N–H and O–H groups in total. The first-order valence-electron chi connectivity index (χ1n) is 5.34. The Morgan fingerprint density at radius 3 is 2.71 bits per heavy atom. The minimum atomic E-state index is -0.753. The smallest absolute Gasteiger partial charge is 0.329 e. The Hall–Kier alpha value is -2.11. The number of likely N-dealkylation sites (N-methyl/N-ethyl adjacent to an activating group) is 1. The molecule has 1 aromatic heterocycles. The number of nitrogens with one attached hydrogen (secondary N) is 1. The monoisotopic (exact) mass is 237 g/mol. The first-order valence-corrected chi connectivity index (χ1v) is 5.34. The minimum Gasteiger partial charge on any atom is -0.463 e. The molecule has 2 amide bonds. The van der Waals surface area contributed by atoms with Crippen molar-refractivity contribution in [2.24, 2.45) is 5.10 Å². The summed E-state index contributed by atoms with van der Waals surface area (Å²) in [6.45, 7) is 4.59. The molecule has 6 nitrogen and oxygen atoms in total. The van der Waals surface area contributed by atoms with E-state index in [1.54, 1.807) is 26.0 Å². The van der Waals surface area contributed by atoms with Gasteiger partial charge in [0.2, 0.25) is 0 Å². The highest BCUT2D eigenvalue weighted by molar-refractivity contribution is 6.34.